The summed E-state index contributed by atoms with van der Waals surface area (Å²) in [6.07, 6.45) is 1.20. The molecule has 0 saturated carbocycles. The Kier molecular flexibility index (Phi) is 4.17. The molecule has 18 heavy (non-hydrogen) atoms. The summed E-state index contributed by atoms with van der Waals surface area (Å²) in [5.41, 5.74) is 0.515. The monoisotopic (exact) mass is 251 g/mol. The molecule has 0 radical (unpaired) electrons. The largest absolute Gasteiger partial charge is 0.465 e. The molecule has 1 heterocycles. The van der Waals surface area contributed by atoms with Crippen molar-refractivity contribution in [1.29, 1.82) is 0 Å². The molecule has 0 aliphatic carbocycles. The van der Waals surface area contributed by atoms with Gasteiger partial charge in [-0.15, -0.1) is 5.06 Å². The Hall–Kier alpha value is -1.59. The zero-order valence-electron chi connectivity index (χ0n) is 10.6. The molecule has 2 rings (SSSR count). The third-order valence-electron chi connectivity index (χ3n) is 2.95. The molecule has 1 aliphatic heterocycles. The van der Waals surface area contributed by atoms with Crippen molar-refractivity contribution in [3.8, 4) is 5.75 Å². The lowest BCUT2D eigenvalue weighted by molar-refractivity contribution is -0.0476. The van der Waals surface area contributed by atoms with Crippen LogP contribution in [-0.4, -0.2) is 44.4 Å². The Labute approximate surface area is 106 Å². The molecule has 0 aromatic heterocycles. The molecule has 1 saturated heterocycles. The highest BCUT2D eigenvalue weighted by molar-refractivity contribution is 5.89. The van der Waals surface area contributed by atoms with Crippen molar-refractivity contribution in [3.63, 3.8) is 0 Å². The van der Waals surface area contributed by atoms with Crippen molar-refractivity contribution in [2.24, 2.45) is 0 Å². The average Bonchev–Trinajstić information content (AvgIpc) is 2.86. The van der Waals surface area contributed by atoms with Gasteiger partial charge in [-0.05, 0) is 30.7 Å². The number of hydrogen-bond acceptors (Lipinski definition) is 5. The number of esters is 1. The van der Waals surface area contributed by atoms with Gasteiger partial charge in [-0.1, -0.05) is 0 Å². The van der Waals surface area contributed by atoms with E-state index < -0.39 is 0 Å². The first-order chi connectivity index (χ1) is 8.72. The van der Waals surface area contributed by atoms with Gasteiger partial charge in [0.15, 0.2) is 0 Å². The number of nitrogens with zero attached hydrogens (tertiary/aromatic N) is 1. The number of carbonyl (C=O) groups excluding carboxylic acids is 1. The number of hydroxylamine groups is 2. The van der Waals surface area contributed by atoms with Crippen LogP contribution in [0, 0.1) is 0 Å². The number of benzene rings is 1. The van der Waals surface area contributed by atoms with Crippen molar-refractivity contribution >= 4 is 5.97 Å². The van der Waals surface area contributed by atoms with E-state index in [4.69, 9.17) is 9.57 Å². The standard InChI is InChI=1S/C13H17NO4/c1-16-12-7-8-14(9-12)18-11-5-3-10(4-6-11)13(15)17-2/h3-6,12H,7-9H2,1-2H3/t12-/m1/s1. The fourth-order valence-electron chi connectivity index (χ4n) is 1.89. The molecular formula is C13H17NO4. The quantitative estimate of drug-likeness (QED) is 0.759. The molecular weight excluding hydrogens is 234 g/mol. The summed E-state index contributed by atoms with van der Waals surface area (Å²) in [5, 5.41) is 1.86. The second-order valence-electron chi connectivity index (χ2n) is 4.14. The Bertz CT molecular complexity index is 404. The van der Waals surface area contributed by atoms with E-state index in [-0.39, 0.29) is 12.1 Å². The second-order valence-corrected chi connectivity index (χ2v) is 4.14. The predicted octanol–water partition coefficient (Wildman–Crippen LogP) is 1.49. The molecule has 5 heteroatoms. The Morgan fingerprint density at radius 1 is 1.28 bits per heavy atom. The Balaban J connectivity index is 1.92. The van der Waals surface area contributed by atoms with Crippen molar-refractivity contribution < 1.29 is 19.1 Å². The van der Waals surface area contributed by atoms with Crippen LogP contribution in [0.15, 0.2) is 24.3 Å². The van der Waals surface area contributed by atoms with Gasteiger partial charge in [-0.2, -0.15) is 0 Å². The van der Waals surface area contributed by atoms with E-state index in [0.717, 1.165) is 19.5 Å². The number of carbonyl (C=O) groups is 1. The highest BCUT2D eigenvalue weighted by Crippen LogP contribution is 2.18. The van der Waals surface area contributed by atoms with Crippen LogP contribution < -0.4 is 4.84 Å². The minimum atomic E-state index is -0.345. The predicted molar refractivity (Wildman–Crippen MR) is 65.4 cm³/mol. The minimum Gasteiger partial charge on any atom is -0.465 e. The van der Waals surface area contributed by atoms with E-state index in [1.165, 1.54) is 7.11 Å². The summed E-state index contributed by atoms with van der Waals surface area (Å²) in [5.74, 6) is 0.363. The molecule has 1 aromatic rings. The highest BCUT2D eigenvalue weighted by atomic mass is 16.7. The van der Waals surface area contributed by atoms with Crippen LogP contribution >= 0.6 is 0 Å². The van der Waals surface area contributed by atoms with Gasteiger partial charge < -0.3 is 14.3 Å². The number of rotatable bonds is 4. The molecule has 0 spiro atoms. The first-order valence-corrected chi connectivity index (χ1v) is 5.87. The van der Waals surface area contributed by atoms with E-state index >= 15 is 0 Å². The number of hydrogen-bond donors (Lipinski definition) is 0. The van der Waals surface area contributed by atoms with Gasteiger partial charge in [0.05, 0.1) is 25.3 Å². The second kappa shape index (κ2) is 5.84. The fraction of sp³-hybridized carbons (Fsp3) is 0.462. The molecule has 1 aromatic carbocycles. The van der Waals surface area contributed by atoms with Crippen molar-refractivity contribution in [1.82, 2.24) is 5.06 Å². The molecule has 98 valence electrons. The lowest BCUT2D eigenvalue weighted by atomic mass is 10.2. The summed E-state index contributed by atoms with van der Waals surface area (Å²) in [6.45, 7) is 1.60. The van der Waals surface area contributed by atoms with Crippen LogP contribution in [-0.2, 0) is 9.47 Å². The first-order valence-electron chi connectivity index (χ1n) is 5.87. The summed E-state index contributed by atoms with van der Waals surface area (Å²) >= 11 is 0. The summed E-state index contributed by atoms with van der Waals surface area (Å²) < 4.78 is 9.89. The lowest BCUT2D eigenvalue weighted by Crippen LogP contribution is -2.26. The molecule has 0 N–H and O–H groups in total. The van der Waals surface area contributed by atoms with E-state index in [9.17, 15) is 4.79 Å². The molecule has 1 atom stereocenters. The fourth-order valence-corrected chi connectivity index (χ4v) is 1.89. The van der Waals surface area contributed by atoms with Gasteiger partial charge in [0, 0.05) is 13.7 Å². The molecule has 0 unspecified atom stereocenters. The SMILES string of the molecule is COC(=O)c1ccc(ON2CC[C@@H](OC)C2)cc1. The van der Waals surface area contributed by atoms with Crippen molar-refractivity contribution in [2.75, 3.05) is 27.3 Å². The van der Waals surface area contributed by atoms with Gasteiger partial charge in [0.2, 0.25) is 0 Å². The maximum atomic E-state index is 11.3. The van der Waals surface area contributed by atoms with Crippen molar-refractivity contribution in [2.45, 2.75) is 12.5 Å². The van der Waals surface area contributed by atoms with Crippen LogP contribution in [0.25, 0.3) is 0 Å². The summed E-state index contributed by atoms with van der Waals surface area (Å²) in [4.78, 5) is 16.9. The topological polar surface area (TPSA) is 48.0 Å². The number of methoxy groups -OCH3 is 2. The normalized spacial score (nSPS) is 19.8. The van der Waals surface area contributed by atoms with Gasteiger partial charge >= 0.3 is 5.97 Å². The molecule has 1 aliphatic rings. The van der Waals surface area contributed by atoms with Crippen LogP contribution in [0.3, 0.4) is 0 Å². The molecule has 1 fully saturated rings. The number of ether oxygens (including phenoxy) is 2. The lowest BCUT2D eigenvalue weighted by Gasteiger charge is -2.16. The van der Waals surface area contributed by atoms with E-state index in [1.54, 1.807) is 31.4 Å². The van der Waals surface area contributed by atoms with Gasteiger partial charge in [0.1, 0.15) is 5.75 Å². The summed E-state index contributed by atoms with van der Waals surface area (Å²) in [6, 6.07) is 6.88. The van der Waals surface area contributed by atoms with Crippen LogP contribution in [0.2, 0.25) is 0 Å². The van der Waals surface area contributed by atoms with Crippen molar-refractivity contribution in [3.05, 3.63) is 29.8 Å². The molecule has 0 amide bonds. The molecule has 0 bridgehead atoms. The van der Waals surface area contributed by atoms with Crippen LogP contribution in [0.1, 0.15) is 16.8 Å². The first kappa shape index (κ1) is 12.9. The summed E-state index contributed by atoms with van der Waals surface area (Å²) in [7, 11) is 3.07. The third-order valence-corrected chi connectivity index (χ3v) is 2.95. The van der Waals surface area contributed by atoms with Crippen LogP contribution in [0.5, 0.6) is 5.75 Å². The average molecular weight is 251 g/mol. The smallest absolute Gasteiger partial charge is 0.337 e. The minimum absolute atomic E-state index is 0.236. The van der Waals surface area contributed by atoms with Gasteiger partial charge in [-0.25, -0.2) is 4.79 Å². The van der Waals surface area contributed by atoms with E-state index in [0.29, 0.717) is 11.3 Å². The highest BCUT2D eigenvalue weighted by Gasteiger charge is 2.23. The van der Waals surface area contributed by atoms with E-state index in [1.807, 2.05) is 5.06 Å². The Morgan fingerprint density at radius 3 is 2.56 bits per heavy atom. The zero-order valence-corrected chi connectivity index (χ0v) is 10.6. The third kappa shape index (κ3) is 3.00. The molecule has 5 nitrogen and oxygen atoms in total. The Morgan fingerprint density at radius 2 is 2.00 bits per heavy atom. The van der Waals surface area contributed by atoms with Gasteiger partial charge in [0.25, 0.3) is 0 Å². The van der Waals surface area contributed by atoms with Gasteiger partial charge in [-0.3, -0.25) is 0 Å². The van der Waals surface area contributed by atoms with Crippen LogP contribution in [0.4, 0.5) is 0 Å². The van der Waals surface area contributed by atoms with E-state index in [2.05, 4.69) is 4.74 Å². The zero-order chi connectivity index (χ0) is 13.0. The maximum absolute atomic E-state index is 11.3. The maximum Gasteiger partial charge on any atom is 0.337 e.